The number of rotatable bonds is 6. The summed E-state index contributed by atoms with van der Waals surface area (Å²) >= 11 is 0. The summed E-state index contributed by atoms with van der Waals surface area (Å²) in [5, 5.41) is 4.35. The van der Waals surface area contributed by atoms with E-state index in [-0.39, 0.29) is 5.91 Å². The van der Waals surface area contributed by atoms with Gasteiger partial charge in [0.1, 0.15) is 5.75 Å². The average molecular weight is 345 g/mol. The topological polar surface area (TPSA) is 63.6 Å². The van der Waals surface area contributed by atoms with E-state index in [1.165, 1.54) is 0 Å². The van der Waals surface area contributed by atoms with Crippen LogP contribution in [0, 0.1) is 0 Å². The van der Waals surface area contributed by atoms with Gasteiger partial charge in [-0.1, -0.05) is 30.3 Å². The molecule has 5 nitrogen and oxygen atoms in total. The molecule has 5 heteroatoms. The number of benzene rings is 2. The van der Waals surface area contributed by atoms with Crippen LogP contribution in [0.1, 0.15) is 28.4 Å². The summed E-state index contributed by atoms with van der Waals surface area (Å²) in [5.74, 6) is 0.443. The molecule has 2 aromatic carbocycles. The Morgan fingerprint density at radius 2 is 1.69 bits per heavy atom. The molecule has 26 heavy (non-hydrogen) atoms. The lowest BCUT2D eigenvalue weighted by molar-refractivity contribution is 0.0955. The van der Waals surface area contributed by atoms with Gasteiger partial charge in [-0.3, -0.25) is 9.78 Å². The molecule has 0 aliphatic carbocycles. The molecule has 0 aliphatic heterocycles. The molecular formula is C21H19N3O2. The predicted octanol–water partition coefficient (Wildman–Crippen LogP) is 3.66. The lowest BCUT2D eigenvalue weighted by Gasteiger charge is -2.08. The molecule has 1 N–H and O–H groups in total. The van der Waals surface area contributed by atoms with Crippen LogP contribution in [0.4, 0.5) is 0 Å². The van der Waals surface area contributed by atoms with Crippen molar-refractivity contribution in [3.05, 3.63) is 95.8 Å². The second-order valence-corrected chi connectivity index (χ2v) is 5.47. The van der Waals surface area contributed by atoms with Gasteiger partial charge in [-0.2, -0.15) is 5.10 Å². The van der Waals surface area contributed by atoms with Gasteiger partial charge in [0.15, 0.2) is 0 Å². The minimum atomic E-state index is -0.287. The molecule has 3 aromatic rings. The van der Waals surface area contributed by atoms with Crippen LogP contribution in [0.15, 0.2) is 84.2 Å². The van der Waals surface area contributed by atoms with Crippen molar-refractivity contribution >= 4 is 11.6 Å². The molecule has 3 rings (SSSR count). The molecule has 1 aromatic heterocycles. The SMILES string of the molecule is CCOc1ccc(C(=O)N/N=C(\c2ccccc2)c2cccnc2)cc1. The molecule has 1 amide bonds. The van der Waals surface area contributed by atoms with Crippen molar-refractivity contribution in [2.45, 2.75) is 6.92 Å². The van der Waals surface area contributed by atoms with Crippen molar-refractivity contribution in [3.8, 4) is 5.75 Å². The van der Waals surface area contributed by atoms with E-state index < -0.39 is 0 Å². The first-order valence-electron chi connectivity index (χ1n) is 8.34. The molecular weight excluding hydrogens is 326 g/mol. The van der Waals surface area contributed by atoms with Crippen molar-refractivity contribution in [1.29, 1.82) is 0 Å². The Balaban J connectivity index is 1.83. The van der Waals surface area contributed by atoms with Crippen LogP contribution in [-0.4, -0.2) is 23.2 Å². The molecule has 0 aliphatic rings. The number of pyridine rings is 1. The maximum absolute atomic E-state index is 12.4. The number of ether oxygens (including phenoxy) is 1. The monoisotopic (exact) mass is 345 g/mol. The molecule has 0 fully saturated rings. The van der Waals surface area contributed by atoms with E-state index in [1.54, 1.807) is 36.7 Å². The normalized spacial score (nSPS) is 11.0. The summed E-state index contributed by atoms with van der Waals surface area (Å²) in [6.45, 7) is 2.50. The summed E-state index contributed by atoms with van der Waals surface area (Å²) in [7, 11) is 0. The van der Waals surface area contributed by atoms with Crippen LogP contribution in [0.5, 0.6) is 5.75 Å². The molecule has 0 radical (unpaired) electrons. The van der Waals surface area contributed by atoms with Gasteiger partial charge in [-0.25, -0.2) is 5.43 Å². The zero-order valence-corrected chi connectivity index (χ0v) is 14.4. The van der Waals surface area contributed by atoms with Gasteiger partial charge in [-0.05, 0) is 43.3 Å². The van der Waals surface area contributed by atoms with E-state index in [9.17, 15) is 4.79 Å². The fourth-order valence-corrected chi connectivity index (χ4v) is 2.44. The number of carbonyl (C=O) groups is 1. The first kappa shape index (κ1) is 17.4. The van der Waals surface area contributed by atoms with E-state index in [0.717, 1.165) is 16.9 Å². The number of aromatic nitrogens is 1. The third-order valence-electron chi connectivity index (χ3n) is 3.68. The highest BCUT2D eigenvalue weighted by atomic mass is 16.5. The summed E-state index contributed by atoms with van der Waals surface area (Å²) in [6.07, 6.45) is 3.42. The number of hydrazone groups is 1. The highest BCUT2D eigenvalue weighted by Gasteiger charge is 2.09. The molecule has 0 atom stereocenters. The van der Waals surface area contributed by atoms with Crippen LogP contribution in [0.3, 0.4) is 0 Å². The molecule has 0 saturated carbocycles. The number of nitrogens with one attached hydrogen (secondary N) is 1. The van der Waals surface area contributed by atoms with E-state index in [1.807, 2.05) is 49.4 Å². The zero-order valence-electron chi connectivity index (χ0n) is 14.4. The van der Waals surface area contributed by atoms with Crippen LogP contribution in [0.25, 0.3) is 0 Å². The lowest BCUT2D eigenvalue weighted by Crippen LogP contribution is -2.20. The van der Waals surface area contributed by atoms with Gasteiger partial charge < -0.3 is 4.74 Å². The summed E-state index contributed by atoms with van der Waals surface area (Å²) < 4.78 is 5.39. The third-order valence-corrected chi connectivity index (χ3v) is 3.68. The Bertz CT molecular complexity index is 835. The van der Waals surface area contributed by atoms with E-state index in [2.05, 4.69) is 15.5 Å². The number of nitrogens with zero attached hydrogens (tertiary/aromatic N) is 2. The molecule has 0 spiro atoms. The fraction of sp³-hybridized carbons (Fsp3) is 0.0952. The smallest absolute Gasteiger partial charge is 0.271 e. The van der Waals surface area contributed by atoms with Crippen LogP contribution in [0.2, 0.25) is 0 Å². The number of carbonyl (C=O) groups excluding carboxylic acids is 1. The van der Waals surface area contributed by atoms with Gasteiger partial charge in [0.2, 0.25) is 0 Å². The predicted molar refractivity (Wildman–Crippen MR) is 101 cm³/mol. The minimum Gasteiger partial charge on any atom is -0.494 e. The zero-order chi connectivity index (χ0) is 18.2. The molecule has 1 heterocycles. The van der Waals surface area contributed by atoms with Crippen molar-refractivity contribution in [3.63, 3.8) is 0 Å². The second kappa shape index (κ2) is 8.58. The van der Waals surface area contributed by atoms with Gasteiger partial charge >= 0.3 is 0 Å². The van der Waals surface area contributed by atoms with Gasteiger partial charge in [0.05, 0.1) is 12.3 Å². The Morgan fingerprint density at radius 3 is 2.35 bits per heavy atom. The van der Waals surface area contributed by atoms with Crippen molar-refractivity contribution in [2.24, 2.45) is 5.10 Å². The third kappa shape index (κ3) is 4.33. The maximum atomic E-state index is 12.4. The largest absolute Gasteiger partial charge is 0.494 e. The molecule has 0 bridgehead atoms. The van der Waals surface area contributed by atoms with Crippen molar-refractivity contribution in [1.82, 2.24) is 10.4 Å². The second-order valence-electron chi connectivity index (χ2n) is 5.47. The Labute approximate surface area is 152 Å². The minimum absolute atomic E-state index is 0.287. The average Bonchev–Trinajstić information content (AvgIpc) is 2.70. The molecule has 0 saturated heterocycles. The summed E-state index contributed by atoms with van der Waals surface area (Å²) in [6, 6.07) is 20.4. The maximum Gasteiger partial charge on any atom is 0.271 e. The lowest BCUT2D eigenvalue weighted by atomic mass is 10.0. The standard InChI is InChI=1S/C21H19N3O2/c1-2-26-19-12-10-17(11-13-19)21(25)24-23-20(16-7-4-3-5-8-16)18-9-6-14-22-15-18/h3-15H,2H2,1H3,(H,24,25)/b23-20+. The number of hydrogen-bond acceptors (Lipinski definition) is 4. The van der Waals surface area contributed by atoms with Gasteiger partial charge in [0.25, 0.3) is 5.91 Å². The van der Waals surface area contributed by atoms with E-state index in [0.29, 0.717) is 17.9 Å². The summed E-state index contributed by atoms with van der Waals surface area (Å²) in [5.41, 5.74) is 5.51. The Hall–Kier alpha value is -3.47. The molecule has 130 valence electrons. The Morgan fingerprint density at radius 1 is 0.962 bits per heavy atom. The first-order chi connectivity index (χ1) is 12.8. The number of amides is 1. The highest BCUT2D eigenvalue weighted by molar-refractivity contribution is 6.13. The van der Waals surface area contributed by atoms with Crippen molar-refractivity contribution in [2.75, 3.05) is 6.61 Å². The van der Waals surface area contributed by atoms with Crippen LogP contribution >= 0.6 is 0 Å². The number of hydrogen-bond donors (Lipinski definition) is 1. The van der Waals surface area contributed by atoms with Crippen molar-refractivity contribution < 1.29 is 9.53 Å². The van der Waals surface area contributed by atoms with Gasteiger partial charge in [-0.15, -0.1) is 0 Å². The first-order valence-corrected chi connectivity index (χ1v) is 8.34. The summed E-state index contributed by atoms with van der Waals surface area (Å²) in [4.78, 5) is 16.5. The van der Waals surface area contributed by atoms with E-state index >= 15 is 0 Å². The van der Waals surface area contributed by atoms with Gasteiger partial charge in [0, 0.05) is 29.1 Å². The van der Waals surface area contributed by atoms with Crippen LogP contribution < -0.4 is 10.2 Å². The van der Waals surface area contributed by atoms with E-state index in [4.69, 9.17) is 4.74 Å². The fourth-order valence-electron chi connectivity index (χ4n) is 2.44. The Kier molecular flexibility index (Phi) is 5.72. The molecule has 0 unspecified atom stereocenters. The highest BCUT2D eigenvalue weighted by Crippen LogP contribution is 2.13. The quantitative estimate of drug-likeness (QED) is 0.548. The van der Waals surface area contributed by atoms with Crippen LogP contribution in [-0.2, 0) is 0 Å².